The number of aryl methyl sites for hydroxylation is 1. The molecule has 0 fully saturated rings. The highest BCUT2D eigenvalue weighted by Gasteiger charge is 2.30. The highest BCUT2D eigenvalue weighted by atomic mass is 19.4. The van der Waals surface area contributed by atoms with Gasteiger partial charge in [0.1, 0.15) is 0 Å². The summed E-state index contributed by atoms with van der Waals surface area (Å²) in [5.41, 5.74) is 1.87. The van der Waals surface area contributed by atoms with E-state index in [1.807, 2.05) is 19.2 Å². The molecule has 26 heavy (non-hydrogen) atoms. The molecular formula is C18H15F3N4O. The van der Waals surface area contributed by atoms with Crippen LogP contribution in [0.25, 0.3) is 11.3 Å². The first-order valence-corrected chi connectivity index (χ1v) is 7.72. The van der Waals surface area contributed by atoms with Crippen LogP contribution in [-0.4, -0.2) is 20.7 Å². The summed E-state index contributed by atoms with van der Waals surface area (Å²) in [5.74, 6) is -0.454. The van der Waals surface area contributed by atoms with Gasteiger partial charge in [-0.05, 0) is 42.0 Å². The number of nitrogens with one attached hydrogen (secondary N) is 1. The van der Waals surface area contributed by atoms with Gasteiger partial charge in [0.2, 0.25) is 0 Å². The molecule has 3 rings (SSSR count). The lowest BCUT2D eigenvalue weighted by Crippen LogP contribution is -2.23. The van der Waals surface area contributed by atoms with Crippen LogP contribution in [0.1, 0.15) is 21.5 Å². The van der Waals surface area contributed by atoms with Gasteiger partial charge in [-0.3, -0.25) is 14.5 Å². The maximum Gasteiger partial charge on any atom is 0.416 e. The molecule has 0 atom stereocenters. The number of carbonyl (C=O) groups excluding carboxylic acids is 1. The molecule has 2 aromatic heterocycles. The van der Waals surface area contributed by atoms with E-state index in [0.29, 0.717) is 0 Å². The number of hydrogen-bond donors (Lipinski definition) is 1. The van der Waals surface area contributed by atoms with Gasteiger partial charge in [-0.2, -0.15) is 18.3 Å². The Morgan fingerprint density at radius 1 is 1.15 bits per heavy atom. The Labute approximate surface area is 147 Å². The first-order valence-electron chi connectivity index (χ1n) is 7.72. The van der Waals surface area contributed by atoms with Crippen LogP contribution in [0, 0.1) is 0 Å². The third-order valence-corrected chi connectivity index (χ3v) is 3.84. The Balaban J connectivity index is 1.67. The summed E-state index contributed by atoms with van der Waals surface area (Å²) in [5, 5.41) is 6.78. The molecule has 0 unspecified atom stereocenters. The summed E-state index contributed by atoms with van der Waals surface area (Å²) >= 11 is 0. The first-order chi connectivity index (χ1) is 12.3. The van der Waals surface area contributed by atoms with Crippen LogP contribution >= 0.6 is 0 Å². The van der Waals surface area contributed by atoms with Crippen molar-refractivity contribution in [2.75, 3.05) is 0 Å². The lowest BCUT2D eigenvalue weighted by atomic mass is 10.1. The molecule has 2 heterocycles. The second-order valence-corrected chi connectivity index (χ2v) is 5.68. The molecule has 0 bridgehead atoms. The van der Waals surface area contributed by atoms with Crippen LogP contribution in [0.15, 0.2) is 55.0 Å². The molecule has 1 amide bonds. The smallest absolute Gasteiger partial charge is 0.348 e. The topological polar surface area (TPSA) is 59.8 Å². The maximum absolute atomic E-state index is 12.6. The minimum Gasteiger partial charge on any atom is -0.348 e. The first kappa shape index (κ1) is 17.7. The van der Waals surface area contributed by atoms with Gasteiger partial charge in [0, 0.05) is 43.3 Å². The Bertz CT molecular complexity index is 917. The average molecular weight is 360 g/mol. The van der Waals surface area contributed by atoms with Crippen LogP contribution in [0.5, 0.6) is 0 Å². The fourth-order valence-electron chi connectivity index (χ4n) is 2.48. The molecule has 3 aromatic rings. The maximum atomic E-state index is 12.6. The van der Waals surface area contributed by atoms with E-state index < -0.39 is 17.6 Å². The van der Waals surface area contributed by atoms with Crippen LogP contribution in [-0.2, 0) is 19.8 Å². The fraction of sp³-hybridized carbons (Fsp3) is 0.167. The second kappa shape index (κ2) is 6.99. The number of rotatable bonds is 4. The van der Waals surface area contributed by atoms with E-state index in [2.05, 4.69) is 15.4 Å². The van der Waals surface area contributed by atoms with Crippen molar-refractivity contribution in [1.29, 1.82) is 0 Å². The van der Waals surface area contributed by atoms with Gasteiger partial charge in [0.25, 0.3) is 5.91 Å². The molecule has 1 N–H and O–H groups in total. The van der Waals surface area contributed by atoms with Crippen molar-refractivity contribution < 1.29 is 18.0 Å². The molecule has 134 valence electrons. The van der Waals surface area contributed by atoms with Gasteiger partial charge >= 0.3 is 6.18 Å². The minimum absolute atomic E-state index is 0.161. The number of benzene rings is 1. The molecule has 0 aliphatic rings. The lowest BCUT2D eigenvalue weighted by molar-refractivity contribution is -0.137. The molecule has 5 nitrogen and oxygen atoms in total. The predicted molar refractivity (Wildman–Crippen MR) is 89.1 cm³/mol. The SMILES string of the molecule is Cn1nccc1-c1cncc(CNC(=O)c2ccc(C(F)(F)F)cc2)c1. The van der Waals surface area contributed by atoms with Gasteiger partial charge in [-0.25, -0.2) is 0 Å². The van der Waals surface area contributed by atoms with Crippen LogP contribution in [0.3, 0.4) is 0 Å². The minimum atomic E-state index is -4.42. The lowest BCUT2D eigenvalue weighted by Gasteiger charge is -2.09. The summed E-state index contributed by atoms with van der Waals surface area (Å²) in [7, 11) is 1.81. The van der Waals surface area contributed by atoms with Gasteiger partial charge in [-0.15, -0.1) is 0 Å². The Kier molecular flexibility index (Phi) is 4.75. The molecule has 1 aromatic carbocycles. The predicted octanol–water partition coefficient (Wildman–Crippen LogP) is 3.43. The standard InChI is InChI=1S/C18H15F3N4O/c1-25-16(6-7-24-25)14-8-12(9-22-11-14)10-23-17(26)13-2-4-15(5-3-13)18(19,20)21/h2-9,11H,10H2,1H3,(H,23,26). The van der Waals surface area contributed by atoms with Crippen molar-refractivity contribution in [1.82, 2.24) is 20.1 Å². The number of halogens is 3. The van der Waals surface area contributed by atoms with Gasteiger partial charge in [0.15, 0.2) is 0 Å². The zero-order chi connectivity index (χ0) is 18.7. The number of hydrogen-bond acceptors (Lipinski definition) is 3. The molecular weight excluding hydrogens is 345 g/mol. The molecule has 0 saturated heterocycles. The number of amides is 1. The molecule has 0 aliphatic heterocycles. The van der Waals surface area contributed by atoms with E-state index in [4.69, 9.17) is 0 Å². The summed E-state index contributed by atoms with van der Waals surface area (Å²) in [6, 6.07) is 7.81. The summed E-state index contributed by atoms with van der Waals surface area (Å²) in [6.07, 6.45) is 0.562. The fourth-order valence-corrected chi connectivity index (χ4v) is 2.48. The Morgan fingerprint density at radius 3 is 2.50 bits per heavy atom. The summed E-state index contributed by atoms with van der Waals surface area (Å²) < 4.78 is 39.4. The normalized spacial score (nSPS) is 11.4. The van der Waals surface area contributed by atoms with Crippen molar-refractivity contribution in [3.63, 3.8) is 0 Å². The highest BCUT2D eigenvalue weighted by molar-refractivity contribution is 5.94. The van der Waals surface area contributed by atoms with E-state index in [1.165, 1.54) is 0 Å². The van der Waals surface area contributed by atoms with E-state index in [9.17, 15) is 18.0 Å². The van der Waals surface area contributed by atoms with Crippen molar-refractivity contribution in [3.05, 3.63) is 71.7 Å². The number of nitrogens with zero attached hydrogens (tertiary/aromatic N) is 3. The van der Waals surface area contributed by atoms with Crippen molar-refractivity contribution in [2.45, 2.75) is 12.7 Å². The van der Waals surface area contributed by atoms with Crippen LogP contribution < -0.4 is 5.32 Å². The van der Waals surface area contributed by atoms with Crippen molar-refractivity contribution in [2.24, 2.45) is 7.05 Å². The zero-order valence-electron chi connectivity index (χ0n) is 13.8. The molecule has 8 heteroatoms. The summed E-state index contributed by atoms with van der Waals surface area (Å²) in [6.45, 7) is 0.207. The van der Waals surface area contributed by atoms with E-state index >= 15 is 0 Å². The van der Waals surface area contributed by atoms with Gasteiger partial charge in [0.05, 0.1) is 11.3 Å². The van der Waals surface area contributed by atoms with E-state index in [-0.39, 0.29) is 12.1 Å². The Hall–Kier alpha value is -3.16. The third-order valence-electron chi connectivity index (χ3n) is 3.84. The van der Waals surface area contributed by atoms with Gasteiger partial charge < -0.3 is 5.32 Å². The monoisotopic (exact) mass is 360 g/mol. The second-order valence-electron chi connectivity index (χ2n) is 5.68. The average Bonchev–Trinajstić information content (AvgIpc) is 3.05. The summed E-state index contributed by atoms with van der Waals surface area (Å²) in [4.78, 5) is 16.3. The molecule has 0 radical (unpaired) electrons. The molecule has 0 aliphatic carbocycles. The van der Waals surface area contributed by atoms with E-state index in [0.717, 1.165) is 41.1 Å². The number of aromatic nitrogens is 3. The van der Waals surface area contributed by atoms with Crippen LogP contribution in [0.4, 0.5) is 13.2 Å². The highest BCUT2D eigenvalue weighted by Crippen LogP contribution is 2.29. The molecule has 0 saturated carbocycles. The number of pyridine rings is 1. The number of carbonyl (C=O) groups is 1. The molecule has 0 spiro atoms. The largest absolute Gasteiger partial charge is 0.416 e. The third kappa shape index (κ3) is 3.90. The van der Waals surface area contributed by atoms with Gasteiger partial charge in [-0.1, -0.05) is 0 Å². The van der Waals surface area contributed by atoms with Crippen LogP contribution in [0.2, 0.25) is 0 Å². The quantitative estimate of drug-likeness (QED) is 0.775. The Morgan fingerprint density at radius 2 is 1.88 bits per heavy atom. The van der Waals surface area contributed by atoms with E-state index in [1.54, 1.807) is 23.3 Å². The zero-order valence-corrected chi connectivity index (χ0v) is 13.8. The van der Waals surface area contributed by atoms with Crippen molar-refractivity contribution in [3.8, 4) is 11.3 Å². The van der Waals surface area contributed by atoms with Crippen molar-refractivity contribution >= 4 is 5.91 Å². The number of alkyl halides is 3.